The van der Waals surface area contributed by atoms with E-state index < -0.39 is 47.7 Å². The molecule has 2 atom stereocenters. The standard InChI is InChI=1S/C24H35N3O5/c1-10-27(21(30)18(14-28)25-22(31)32-24(7,8)9)19(20(29)26-23(4,5)6)17-12-15(2)11-16(3)13-17/h1,11-13,18-19,28H,14H2,2-9H3,(H,25,31)(H,26,29). The molecule has 2 unspecified atom stereocenters. The first kappa shape index (κ1) is 27.0. The number of amides is 3. The number of rotatable bonds is 6. The minimum atomic E-state index is -1.39. The van der Waals surface area contributed by atoms with Gasteiger partial charge in [-0.1, -0.05) is 35.7 Å². The molecule has 1 rings (SSSR count). The molecule has 1 aromatic carbocycles. The number of aliphatic hydroxyl groups excluding tert-OH is 1. The fourth-order valence-corrected chi connectivity index (χ4v) is 3.09. The molecule has 0 aliphatic carbocycles. The van der Waals surface area contributed by atoms with Gasteiger partial charge in [-0.3, -0.25) is 14.5 Å². The summed E-state index contributed by atoms with van der Waals surface area (Å²) in [4.78, 5) is 39.5. The van der Waals surface area contributed by atoms with Crippen molar-refractivity contribution in [3.05, 3.63) is 34.9 Å². The first-order valence-corrected chi connectivity index (χ1v) is 10.4. The van der Waals surface area contributed by atoms with Gasteiger partial charge in [-0.25, -0.2) is 4.79 Å². The topological polar surface area (TPSA) is 108 Å². The molecule has 3 N–H and O–H groups in total. The van der Waals surface area contributed by atoms with Crippen LogP contribution in [-0.4, -0.2) is 51.7 Å². The number of nitrogens with zero attached hydrogens (tertiary/aromatic N) is 1. The van der Waals surface area contributed by atoms with Gasteiger partial charge in [0.2, 0.25) is 5.91 Å². The number of benzene rings is 1. The van der Waals surface area contributed by atoms with Crippen molar-refractivity contribution in [3.8, 4) is 12.5 Å². The maximum absolute atomic E-state index is 13.2. The van der Waals surface area contributed by atoms with E-state index in [2.05, 4.69) is 16.7 Å². The van der Waals surface area contributed by atoms with E-state index in [1.807, 2.05) is 40.7 Å². The second-order valence-corrected chi connectivity index (χ2v) is 9.78. The van der Waals surface area contributed by atoms with Gasteiger partial charge in [0.1, 0.15) is 17.7 Å². The van der Waals surface area contributed by atoms with Crippen molar-refractivity contribution in [1.29, 1.82) is 0 Å². The van der Waals surface area contributed by atoms with Crippen LogP contribution in [0, 0.1) is 26.3 Å². The number of alkyl carbamates (subject to hydrolysis) is 1. The number of hydrogen-bond donors (Lipinski definition) is 3. The van der Waals surface area contributed by atoms with Crippen molar-refractivity contribution in [3.63, 3.8) is 0 Å². The van der Waals surface area contributed by atoms with Gasteiger partial charge in [0, 0.05) is 11.6 Å². The molecular weight excluding hydrogens is 410 g/mol. The number of hydrogen-bond acceptors (Lipinski definition) is 5. The van der Waals surface area contributed by atoms with E-state index in [-0.39, 0.29) is 0 Å². The highest BCUT2D eigenvalue weighted by atomic mass is 16.6. The number of nitrogens with one attached hydrogen (secondary N) is 2. The summed E-state index contributed by atoms with van der Waals surface area (Å²) in [5.74, 6) is -1.29. The van der Waals surface area contributed by atoms with Crippen LogP contribution >= 0.6 is 0 Å². The minimum Gasteiger partial charge on any atom is -0.444 e. The van der Waals surface area contributed by atoms with Gasteiger partial charge in [-0.2, -0.15) is 0 Å². The van der Waals surface area contributed by atoms with Crippen molar-refractivity contribution >= 4 is 17.9 Å². The van der Waals surface area contributed by atoms with Crippen LogP contribution < -0.4 is 10.6 Å². The molecule has 176 valence electrons. The lowest BCUT2D eigenvalue weighted by atomic mass is 9.97. The second kappa shape index (κ2) is 10.5. The Balaban J connectivity index is 3.38. The van der Waals surface area contributed by atoms with Gasteiger partial charge in [0.05, 0.1) is 6.61 Å². The Morgan fingerprint density at radius 3 is 2.03 bits per heavy atom. The van der Waals surface area contributed by atoms with Gasteiger partial charge >= 0.3 is 6.09 Å². The van der Waals surface area contributed by atoms with Crippen molar-refractivity contribution in [1.82, 2.24) is 15.5 Å². The van der Waals surface area contributed by atoms with Gasteiger partial charge in [0.15, 0.2) is 0 Å². The van der Waals surface area contributed by atoms with E-state index in [9.17, 15) is 19.5 Å². The van der Waals surface area contributed by atoms with Gasteiger partial charge in [-0.15, -0.1) is 0 Å². The number of aliphatic hydroxyl groups is 1. The molecule has 0 saturated carbocycles. The van der Waals surface area contributed by atoms with E-state index >= 15 is 0 Å². The summed E-state index contributed by atoms with van der Waals surface area (Å²) in [5.41, 5.74) is 0.923. The Bertz CT molecular complexity index is 870. The summed E-state index contributed by atoms with van der Waals surface area (Å²) in [7, 11) is 0. The van der Waals surface area contributed by atoms with Crippen LogP contribution in [0.1, 0.15) is 64.3 Å². The Morgan fingerprint density at radius 2 is 1.62 bits per heavy atom. The van der Waals surface area contributed by atoms with Crippen LogP contribution in [0.25, 0.3) is 0 Å². The smallest absolute Gasteiger partial charge is 0.408 e. The summed E-state index contributed by atoms with van der Waals surface area (Å²) in [5, 5.41) is 14.9. The molecule has 0 bridgehead atoms. The fraction of sp³-hybridized carbons (Fsp3) is 0.542. The van der Waals surface area contributed by atoms with Crippen LogP contribution in [-0.2, 0) is 14.3 Å². The lowest BCUT2D eigenvalue weighted by Crippen LogP contribution is -2.54. The third-order valence-electron chi connectivity index (χ3n) is 4.11. The maximum atomic E-state index is 13.2. The zero-order valence-corrected chi connectivity index (χ0v) is 20.2. The van der Waals surface area contributed by atoms with E-state index in [1.165, 1.54) is 0 Å². The molecule has 0 heterocycles. The zero-order valence-electron chi connectivity index (χ0n) is 20.2. The molecule has 0 radical (unpaired) electrons. The lowest BCUT2D eigenvalue weighted by molar-refractivity contribution is -0.139. The number of carbonyl (C=O) groups excluding carboxylic acids is 3. The van der Waals surface area contributed by atoms with Crippen molar-refractivity contribution in [2.75, 3.05) is 6.61 Å². The molecule has 3 amide bonds. The summed E-state index contributed by atoms with van der Waals surface area (Å²) in [6, 6.07) is 5.18. The van der Waals surface area contributed by atoms with Crippen molar-refractivity contribution in [2.24, 2.45) is 0 Å². The SMILES string of the molecule is C#CN(C(=O)C(CO)NC(=O)OC(C)(C)C)C(C(=O)NC(C)(C)C)c1cc(C)cc(C)c1. The molecule has 8 nitrogen and oxygen atoms in total. The van der Waals surface area contributed by atoms with Crippen LogP contribution in [0.3, 0.4) is 0 Å². The Kier molecular flexibility index (Phi) is 8.86. The normalized spacial score (nSPS) is 13.4. The van der Waals surface area contributed by atoms with Crippen molar-refractivity contribution < 1.29 is 24.2 Å². The third-order valence-corrected chi connectivity index (χ3v) is 4.11. The molecule has 0 aliphatic rings. The van der Waals surface area contributed by atoms with Gasteiger partial charge in [-0.05, 0) is 61.0 Å². The number of terminal acetylenes is 1. The summed E-state index contributed by atoms with van der Waals surface area (Å²) < 4.78 is 5.16. The van der Waals surface area contributed by atoms with E-state index in [0.29, 0.717) is 5.56 Å². The fourth-order valence-electron chi connectivity index (χ4n) is 3.09. The first-order valence-electron chi connectivity index (χ1n) is 10.4. The van der Waals surface area contributed by atoms with Gasteiger partial charge < -0.3 is 20.5 Å². The number of carbonyl (C=O) groups is 3. The number of aryl methyl sites for hydroxylation is 2. The molecule has 32 heavy (non-hydrogen) atoms. The molecule has 1 aromatic rings. The average molecular weight is 446 g/mol. The van der Waals surface area contributed by atoms with Crippen LogP contribution in [0.2, 0.25) is 0 Å². The van der Waals surface area contributed by atoms with Crippen LogP contribution in [0.5, 0.6) is 0 Å². The van der Waals surface area contributed by atoms with Crippen molar-refractivity contribution in [2.45, 2.75) is 78.6 Å². The highest BCUT2D eigenvalue weighted by Crippen LogP contribution is 2.25. The predicted molar refractivity (Wildman–Crippen MR) is 122 cm³/mol. The van der Waals surface area contributed by atoms with E-state index in [1.54, 1.807) is 32.9 Å². The van der Waals surface area contributed by atoms with E-state index in [0.717, 1.165) is 16.0 Å². The molecular formula is C24H35N3O5. The average Bonchev–Trinajstić information content (AvgIpc) is 2.59. The third kappa shape index (κ3) is 8.23. The van der Waals surface area contributed by atoms with Crippen LogP contribution in [0.4, 0.5) is 4.79 Å². The Hall–Kier alpha value is -3.05. The first-order chi connectivity index (χ1) is 14.6. The summed E-state index contributed by atoms with van der Waals surface area (Å²) in [6.45, 7) is 13.5. The maximum Gasteiger partial charge on any atom is 0.408 e. The summed E-state index contributed by atoms with van der Waals surface area (Å²) >= 11 is 0. The molecule has 0 spiro atoms. The van der Waals surface area contributed by atoms with Crippen LogP contribution in [0.15, 0.2) is 18.2 Å². The predicted octanol–water partition coefficient (Wildman–Crippen LogP) is 2.56. The molecule has 8 heteroatoms. The zero-order chi connectivity index (χ0) is 24.9. The molecule has 0 aromatic heterocycles. The highest BCUT2D eigenvalue weighted by molar-refractivity contribution is 5.93. The lowest BCUT2D eigenvalue weighted by Gasteiger charge is -2.32. The number of ether oxygens (including phenoxy) is 1. The second-order valence-electron chi connectivity index (χ2n) is 9.78. The molecule has 0 aliphatic heterocycles. The highest BCUT2D eigenvalue weighted by Gasteiger charge is 2.36. The molecule has 0 saturated heterocycles. The Labute approximate surface area is 190 Å². The Morgan fingerprint density at radius 1 is 1.09 bits per heavy atom. The van der Waals surface area contributed by atoms with E-state index in [4.69, 9.17) is 11.2 Å². The monoisotopic (exact) mass is 445 g/mol. The molecule has 0 fully saturated rings. The minimum absolute atomic E-state index is 0.484. The quantitative estimate of drug-likeness (QED) is 0.461. The van der Waals surface area contributed by atoms with Gasteiger partial charge in [0.25, 0.3) is 5.91 Å². The largest absolute Gasteiger partial charge is 0.444 e. The summed E-state index contributed by atoms with van der Waals surface area (Å²) in [6.07, 6.45) is 4.78.